The molecule has 0 aliphatic heterocycles. The van der Waals surface area contributed by atoms with E-state index in [0.29, 0.717) is 6.04 Å². The first-order chi connectivity index (χ1) is 7.77. The molecule has 16 heavy (non-hydrogen) atoms. The van der Waals surface area contributed by atoms with Gasteiger partial charge in [0.2, 0.25) is 0 Å². The van der Waals surface area contributed by atoms with Gasteiger partial charge in [-0.05, 0) is 25.7 Å². The fourth-order valence-corrected chi connectivity index (χ4v) is 2.59. The maximum absolute atomic E-state index is 4.33. The van der Waals surface area contributed by atoms with E-state index in [1.165, 1.54) is 37.8 Å². The van der Waals surface area contributed by atoms with Gasteiger partial charge >= 0.3 is 0 Å². The van der Waals surface area contributed by atoms with Crippen LogP contribution in [0.4, 0.5) is 0 Å². The Bertz CT molecular complexity index is 319. The fraction of sp³-hybridized carbons (Fsp3) is 0.769. The first kappa shape index (κ1) is 11.6. The van der Waals surface area contributed by atoms with Crippen molar-refractivity contribution in [3.8, 4) is 0 Å². The van der Waals surface area contributed by atoms with Crippen LogP contribution in [0.25, 0.3) is 0 Å². The number of rotatable bonds is 3. The van der Waals surface area contributed by atoms with Crippen molar-refractivity contribution < 1.29 is 0 Å². The highest BCUT2D eigenvalue weighted by atomic mass is 15.0. The van der Waals surface area contributed by atoms with Gasteiger partial charge in [-0.3, -0.25) is 0 Å². The van der Waals surface area contributed by atoms with Gasteiger partial charge in [0.25, 0.3) is 0 Å². The van der Waals surface area contributed by atoms with Crippen LogP contribution in [-0.2, 0) is 6.54 Å². The zero-order valence-electron chi connectivity index (χ0n) is 10.4. The zero-order valence-corrected chi connectivity index (χ0v) is 10.4. The Morgan fingerprint density at radius 1 is 1.38 bits per heavy atom. The highest BCUT2D eigenvalue weighted by Gasteiger charge is 2.19. The molecule has 2 atom stereocenters. The van der Waals surface area contributed by atoms with Crippen LogP contribution in [0.3, 0.4) is 0 Å². The lowest BCUT2D eigenvalue weighted by atomic mass is 9.97. The van der Waals surface area contributed by atoms with Crippen molar-refractivity contribution >= 4 is 0 Å². The molecule has 0 amide bonds. The number of nitrogens with zero attached hydrogens (tertiary/aromatic N) is 1. The van der Waals surface area contributed by atoms with Crippen molar-refractivity contribution in [1.82, 2.24) is 15.3 Å². The van der Waals surface area contributed by atoms with Crippen molar-refractivity contribution in [2.75, 3.05) is 0 Å². The molecule has 0 saturated heterocycles. The van der Waals surface area contributed by atoms with E-state index in [1.54, 1.807) is 6.33 Å². The monoisotopic (exact) mass is 221 g/mol. The van der Waals surface area contributed by atoms with Crippen molar-refractivity contribution in [1.29, 1.82) is 0 Å². The smallest absolute Gasteiger partial charge is 0.0925 e. The second kappa shape index (κ2) is 5.48. The summed E-state index contributed by atoms with van der Waals surface area (Å²) >= 11 is 0. The molecule has 0 bridgehead atoms. The number of hydrogen-bond acceptors (Lipinski definition) is 2. The van der Waals surface area contributed by atoms with Gasteiger partial charge in [0.1, 0.15) is 0 Å². The molecule has 0 spiro atoms. The zero-order chi connectivity index (χ0) is 11.4. The number of H-pyrrole nitrogens is 1. The normalized spacial score (nSPS) is 26.6. The Hall–Kier alpha value is -0.830. The third-order valence-electron chi connectivity index (χ3n) is 3.83. The number of nitrogens with one attached hydrogen (secondary N) is 2. The topological polar surface area (TPSA) is 40.7 Å². The van der Waals surface area contributed by atoms with Crippen LogP contribution < -0.4 is 5.32 Å². The Morgan fingerprint density at radius 2 is 2.19 bits per heavy atom. The first-order valence-electron chi connectivity index (χ1n) is 6.49. The van der Waals surface area contributed by atoms with Crippen LogP contribution >= 0.6 is 0 Å². The van der Waals surface area contributed by atoms with E-state index in [9.17, 15) is 0 Å². The highest BCUT2D eigenvalue weighted by molar-refractivity contribution is 5.08. The molecule has 0 aromatic carbocycles. The molecule has 1 saturated carbocycles. The SMILES string of the molecule is Cc1[nH]cnc1CNC1CCCCCC1C. The average molecular weight is 221 g/mol. The van der Waals surface area contributed by atoms with Crippen LogP contribution in [0.2, 0.25) is 0 Å². The molecule has 1 aliphatic carbocycles. The lowest BCUT2D eigenvalue weighted by Gasteiger charge is -2.22. The second-order valence-corrected chi connectivity index (χ2v) is 5.08. The Balaban J connectivity index is 1.86. The molecule has 0 radical (unpaired) electrons. The van der Waals surface area contributed by atoms with E-state index in [1.807, 2.05) is 0 Å². The molecule has 3 heteroatoms. The Kier molecular flexibility index (Phi) is 3.99. The largest absolute Gasteiger partial charge is 0.348 e. The molecule has 2 N–H and O–H groups in total. The lowest BCUT2D eigenvalue weighted by molar-refractivity contribution is 0.354. The van der Waals surface area contributed by atoms with Gasteiger partial charge in [-0.2, -0.15) is 0 Å². The summed E-state index contributed by atoms with van der Waals surface area (Å²) < 4.78 is 0. The summed E-state index contributed by atoms with van der Waals surface area (Å²) in [6.45, 7) is 5.37. The van der Waals surface area contributed by atoms with Crippen LogP contribution in [0, 0.1) is 12.8 Å². The van der Waals surface area contributed by atoms with Gasteiger partial charge in [-0.25, -0.2) is 4.98 Å². The average Bonchev–Trinajstić information content (AvgIpc) is 2.56. The van der Waals surface area contributed by atoms with Gasteiger partial charge in [-0.1, -0.05) is 26.2 Å². The maximum atomic E-state index is 4.33. The highest BCUT2D eigenvalue weighted by Crippen LogP contribution is 2.23. The molecule has 3 nitrogen and oxygen atoms in total. The number of aromatic amines is 1. The molecule has 1 fully saturated rings. The molecule has 1 aliphatic rings. The quantitative estimate of drug-likeness (QED) is 0.771. The van der Waals surface area contributed by atoms with Crippen molar-refractivity contribution in [2.45, 2.75) is 58.5 Å². The van der Waals surface area contributed by atoms with E-state index in [0.717, 1.165) is 18.2 Å². The first-order valence-corrected chi connectivity index (χ1v) is 6.49. The third-order valence-corrected chi connectivity index (χ3v) is 3.83. The Labute approximate surface area is 98.1 Å². The second-order valence-electron chi connectivity index (χ2n) is 5.08. The van der Waals surface area contributed by atoms with Gasteiger partial charge in [0.05, 0.1) is 12.0 Å². The van der Waals surface area contributed by atoms with E-state index in [2.05, 4.69) is 29.1 Å². The molecule has 2 rings (SSSR count). The van der Waals surface area contributed by atoms with Gasteiger partial charge < -0.3 is 10.3 Å². The van der Waals surface area contributed by atoms with E-state index < -0.39 is 0 Å². The molecular formula is C13H23N3. The minimum absolute atomic E-state index is 0.679. The van der Waals surface area contributed by atoms with Crippen LogP contribution in [0.1, 0.15) is 50.4 Å². The summed E-state index contributed by atoms with van der Waals surface area (Å²) in [5.41, 5.74) is 2.35. The summed E-state index contributed by atoms with van der Waals surface area (Å²) in [7, 11) is 0. The summed E-state index contributed by atoms with van der Waals surface area (Å²) in [4.78, 5) is 7.46. The minimum Gasteiger partial charge on any atom is -0.348 e. The summed E-state index contributed by atoms with van der Waals surface area (Å²) in [5.74, 6) is 0.807. The van der Waals surface area contributed by atoms with Gasteiger partial charge in [0.15, 0.2) is 0 Å². The van der Waals surface area contributed by atoms with Crippen LogP contribution in [0.15, 0.2) is 6.33 Å². The van der Waals surface area contributed by atoms with Crippen LogP contribution in [-0.4, -0.2) is 16.0 Å². The minimum atomic E-state index is 0.679. The molecule has 1 aromatic heterocycles. The fourth-order valence-electron chi connectivity index (χ4n) is 2.59. The van der Waals surface area contributed by atoms with Crippen LogP contribution in [0.5, 0.6) is 0 Å². The van der Waals surface area contributed by atoms with Crippen molar-refractivity contribution in [2.24, 2.45) is 5.92 Å². The summed E-state index contributed by atoms with van der Waals surface area (Å²) in [5, 5.41) is 3.67. The molecule has 1 aromatic rings. The van der Waals surface area contributed by atoms with Crippen molar-refractivity contribution in [3.05, 3.63) is 17.7 Å². The number of hydrogen-bond donors (Lipinski definition) is 2. The maximum Gasteiger partial charge on any atom is 0.0925 e. The molecule has 1 heterocycles. The summed E-state index contributed by atoms with van der Waals surface area (Å²) in [6, 6.07) is 0.679. The number of aryl methyl sites for hydroxylation is 1. The predicted molar refractivity (Wildman–Crippen MR) is 66.2 cm³/mol. The Morgan fingerprint density at radius 3 is 2.94 bits per heavy atom. The van der Waals surface area contributed by atoms with E-state index >= 15 is 0 Å². The lowest BCUT2D eigenvalue weighted by Crippen LogP contribution is -2.34. The predicted octanol–water partition coefficient (Wildman–Crippen LogP) is 2.78. The van der Waals surface area contributed by atoms with Gasteiger partial charge in [-0.15, -0.1) is 0 Å². The molecule has 90 valence electrons. The van der Waals surface area contributed by atoms with E-state index in [-0.39, 0.29) is 0 Å². The standard InChI is InChI=1S/C13H23N3/c1-10-6-4-3-5-7-12(10)14-8-13-11(2)15-9-16-13/h9-10,12,14H,3-8H2,1-2H3,(H,15,16). The number of aromatic nitrogens is 2. The third kappa shape index (κ3) is 2.85. The molecule has 2 unspecified atom stereocenters. The van der Waals surface area contributed by atoms with E-state index in [4.69, 9.17) is 0 Å². The molecular weight excluding hydrogens is 198 g/mol. The number of imidazole rings is 1. The summed E-state index contributed by atoms with van der Waals surface area (Å²) in [6.07, 6.45) is 8.66. The van der Waals surface area contributed by atoms with Gasteiger partial charge in [0, 0.05) is 18.3 Å². The van der Waals surface area contributed by atoms with Crippen molar-refractivity contribution in [3.63, 3.8) is 0 Å².